The largest absolute Gasteiger partial charge is 0.457 e. The van der Waals surface area contributed by atoms with Crippen LogP contribution in [0.15, 0.2) is 109 Å². The van der Waals surface area contributed by atoms with Gasteiger partial charge < -0.3 is 4.74 Å². The first-order valence-electron chi connectivity index (χ1n) is 11.4. The Balaban J connectivity index is 1.37. The maximum Gasteiger partial charge on any atom is 0.260 e. The number of carbonyl (C=O) groups is 1. The van der Waals surface area contributed by atoms with Crippen molar-refractivity contribution >= 4 is 52.2 Å². The molecule has 0 spiro atoms. The summed E-state index contributed by atoms with van der Waals surface area (Å²) in [6.07, 6.45) is 1.79. The van der Waals surface area contributed by atoms with E-state index in [9.17, 15) is 4.79 Å². The van der Waals surface area contributed by atoms with E-state index < -0.39 is 0 Å². The van der Waals surface area contributed by atoms with Crippen LogP contribution in [-0.2, 0) is 4.79 Å². The molecule has 176 valence electrons. The number of hydrogen-bond acceptors (Lipinski definition) is 4. The molecule has 36 heavy (non-hydrogen) atoms. The first-order valence-corrected chi connectivity index (χ1v) is 12.2. The van der Waals surface area contributed by atoms with Gasteiger partial charge in [-0.15, -0.1) is 0 Å². The van der Waals surface area contributed by atoms with Crippen LogP contribution in [0.25, 0.3) is 17.2 Å². The quantitative estimate of drug-likeness (QED) is 0.231. The zero-order chi connectivity index (χ0) is 25.1. The van der Waals surface area contributed by atoms with Crippen molar-refractivity contribution < 1.29 is 9.53 Å². The van der Waals surface area contributed by atoms with Crippen LogP contribution in [0.3, 0.4) is 0 Å². The summed E-state index contributed by atoms with van der Waals surface area (Å²) < 4.78 is 5.87. The Kier molecular flexibility index (Phi) is 6.71. The van der Waals surface area contributed by atoms with E-state index in [4.69, 9.17) is 29.2 Å². The lowest BCUT2D eigenvalue weighted by molar-refractivity contribution is -0.115. The summed E-state index contributed by atoms with van der Waals surface area (Å²) >= 11 is 11.2. The molecule has 1 heterocycles. The molecule has 4 aromatic carbocycles. The van der Waals surface area contributed by atoms with Crippen LogP contribution >= 0.6 is 24.4 Å². The zero-order valence-electron chi connectivity index (χ0n) is 19.5. The normalized spacial score (nSPS) is 14.6. The summed E-state index contributed by atoms with van der Waals surface area (Å²) in [7, 11) is 0. The maximum atomic E-state index is 12.8. The predicted octanol–water partition coefficient (Wildman–Crippen LogP) is 7.09. The number of carbonyl (C=O) groups excluding carboxylic acids is 1. The molecular weight excluding hydrogens is 484 g/mol. The van der Waals surface area contributed by atoms with Crippen molar-refractivity contribution in [3.63, 3.8) is 0 Å². The highest BCUT2D eigenvalue weighted by molar-refractivity contribution is 7.83. The molecule has 0 aliphatic carbocycles. The van der Waals surface area contributed by atoms with Crippen molar-refractivity contribution in [2.75, 3.05) is 4.90 Å². The van der Waals surface area contributed by atoms with E-state index in [-0.39, 0.29) is 11.0 Å². The van der Waals surface area contributed by atoms with Gasteiger partial charge in [0.2, 0.25) is 0 Å². The number of hydrogen-bond donors (Lipinski definition) is 1. The number of benzene rings is 4. The van der Waals surface area contributed by atoms with Crippen LogP contribution in [0, 0.1) is 6.92 Å². The third-order valence-corrected chi connectivity index (χ3v) is 6.47. The summed E-state index contributed by atoms with van der Waals surface area (Å²) in [5.41, 5.74) is 5.46. The number of anilines is 1. The van der Waals surface area contributed by atoms with Gasteiger partial charge in [0.05, 0.1) is 5.57 Å². The fraction of sp³-hybridized carbons (Fsp3) is 0.0333. The number of aryl methyl sites for hydroxylation is 1. The fourth-order valence-corrected chi connectivity index (χ4v) is 4.56. The van der Waals surface area contributed by atoms with E-state index in [1.54, 1.807) is 11.0 Å². The Morgan fingerprint density at radius 3 is 1.97 bits per heavy atom. The number of nitrogens with one attached hydrogen (secondary N) is 1. The van der Waals surface area contributed by atoms with Gasteiger partial charge in [-0.3, -0.25) is 15.0 Å². The Labute approximate surface area is 220 Å². The summed E-state index contributed by atoms with van der Waals surface area (Å²) in [5, 5.41) is 3.00. The number of amides is 1. The molecule has 0 bridgehead atoms. The lowest BCUT2D eigenvalue weighted by Gasteiger charge is -2.31. The van der Waals surface area contributed by atoms with Crippen LogP contribution in [0.4, 0.5) is 5.69 Å². The van der Waals surface area contributed by atoms with Gasteiger partial charge in [-0.2, -0.15) is 0 Å². The van der Waals surface area contributed by atoms with Gasteiger partial charge in [0.25, 0.3) is 5.91 Å². The van der Waals surface area contributed by atoms with Gasteiger partial charge in [-0.25, -0.2) is 0 Å². The molecule has 4 nitrogen and oxygen atoms in total. The molecule has 1 aliphatic rings. The first kappa shape index (κ1) is 23.6. The molecule has 1 N–H and O–H groups in total. The monoisotopic (exact) mass is 506 g/mol. The predicted molar refractivity (Wildman–Crippen MR) is 153 cm³/mol. The van der Waals surface area contributed by atoms with E-state index in [0.29, 0.717) is 16.3 Å². The topological polar surface area (TPSA) is 41.6 Å². The molecule has 1 saturated heterocycles. The van der Waals surface area contributed by atoms with Crippen LogP contribution in [0.5, 0.6) is 11.5 Å². The van der Waals surface area contributed by atoms with E-state index in [0.717, 1.165) is 28.1 Å². The molecule has 0 radical (unpaired) electrons. The lowest BCUT2D eigenvalue weighted by Crippen LogP contribution is -2.53. The standard InChI is InChI=1S/C30H22N2O2S2/c1-20-7-11-22(12-8-20)23-13-9-21(10-14-23)19-27-28(33)31-30(36)32(29(27)35)24-15-17-26(18-16-24)34-25-5-3-2-4-6-25/h2-19H,1H3,(H,31,33,36). The minimum Gasteiger partial charge on any atom is -0.457 e. The lowest BCUT2D eigenvalue weighted by atomic mass is 10.0. The van der Waals surface area contributed by atoms with Gasteiger partial charge in [-0.05, 0) is 78.3 Å². The van der Waals surface area contributed by atoms with Gasteiger partial charge in [0.1, 0.15) is 16.5 Å². The number of rotatable bonds is 5. The molecule has 0 saturated carbocycles. The molecule has 1 fully saturated rings. The SMILES string of the molecule is Cc1ccc(-c2ccc(C=C3C(=O)NC(=S)N(c4ccc(Oc5ccccc5)cc4)C3=S)cc2)cc1. The molecule has 4 aromatic rings. The molecule has 6 heteroatoms. The fourth-order valence-electron chi connectivity index (χ4n) is 3.86. The summed E-state index contributed by atoms with van der Waals surface area (Å²) in [4.78, 5) is 14.8. The molecule has 0 atom stereocenters. The van der Waals surface area contributed by atoms with Crippen LogP contribution in [0.1, 0.15) is 11.1 Å². The number of ether oxygens (including phenoxy) is 1. The Morgan fingerprint density at radius 1 is 0.750 bits per heavy atom. The molecule has 1 aliphatic heterocycles. The van der Waals surface area contributed by atoms with E-state index >= 15 is 0 Å². The highest BCUT2D eigenvalue weighted by Crippen LogP contribution is 2.28. The van der Waals surface area contributed by atoms with Crippen LogP contribution < -0.4 is 15.0 Å². The summed E-state index contributed by atoms with van der Waals surface area (Å²) in [5.74, 6) is 1.13. The van der Waals surface area contributed by atoms with Crippen LogP contribution in [-0.4, -0.2) is 16.0 Å². The van der Waals surface area contributed by atoms with Crippen LogP contribution in [0.2, 0.25) is 0 Å². The average molecular weight is 507 g/mol. The first-order chi connectivity index (χ1) is 17.5. The highest BCUT2D eigenvalue weighted by Gasteiger charge is 2.31. The Bertz CT molecular complexity index is 1460. The third-order valence-electron chi connectivity index (χ3n) is 5.78. The van der Waals surface area contributed by atoms with Gasteiger partial charge in [0, 0.05) is 5.69 Å². The van der Waals surface area contributed by atoms with Gasteiger partial charge in [0.15, 0.2) is 5.11 Å². The molecule has 0 aromatic heterocycles. The number of para-hydroxylation sites is 1. The minimum absolute atomic E-state index is 0.244. The van der Waals surface area contributed by atoms with E-state index in [2.05, 4.69) is 36.5 Å². The second-order valence-electron chi connectivity index (χ2n) is 8.35. The Hall–Kier alpha value is -4.13. The second-order valence-corrected chi connectivity index (χ2v) is 9.13. The maximum absolute atomic E-state index is 12.8. The third kappa shape index (κ3) is 5.10. The Morgan fingerprint density at radius 2 is 1.33 bits per heavy atom. The second kappa shape index (κ2) is 10.2. The zero-order valence-corrected chi connectivity index (χ0v) is 21.1. The van der Waals surface area contributed by atoms with E-state index in [1.165, 1.54) is 5.56 Å². The molecule has 5 rings (SSSR count). The van der Waals surface area contributed by atoms with Crippen molar-refractivity contribution in [3.8, 4) is 22.6 Å². The number of thiocarbonyl (C=S) groups is 2. The van der Waals surface area contributed by atoms with Gasteiger partial charge >= 0.3 is 0 Å². The van der Waals surface area contributed by atoms with Crippen molar-refractivity contribution in [1.29, 1.82) is 0 Å². The van der Waals surface area contributed by atoms with E-state index in [1.807, 2.05) is 78.9 Å². The van der Waals surface area contributed by atoms with Crippen molar-refractivity contribution in [2.24, 2.45) is 0 Å². The average Bonchev–Trinajstić information content (AvgIpc) is 2.89. The van der Waals surface area contributed by atoms with Crippen molar-refractivity contribution in [2.45, 2.75) is 6.92 Å². The smallest absolute Gasteiger partial charge is 0.260 e. The molecular formula is C30H22N2O2S2. The van der Waals surface area contributed by atoms with Crippen molar-refractivity contribution in [1.82, 2.24) is 5.32 Å². The highest BCUT2D eigenvalue weighted by atomic mass is 32.1. The molecule has 0 unspecified atom stereocenters. The summed E-state index contributed by atoms with van der Waals surface area (Å²) in [6, 6.07) is 33.4. The minimum atomic E-state index is -0.312. The number of nitrogens with zero attached hydrogens (tertiary/aromatic N) is 1. The van der Waals surface area contributed by atoms with Crippen molar-refractivity contribution in [3.05, 3.63) is 120 Å². The molecule has 1 amide bonds. The van der Waals surface area contributed by atoms with Gasteiger partial charge in [-0.1, -0.05) is 84.5 Å². The summed E-state index contributed by atoms with van der Waals surface area (Å²) in [6.45, 7) is 2.07.